The summed E-state index contributed by atoms with van der Waals surface area (Å²) in [7, 11) is 0. The minimum Gasteiger partial charge on any atom is -0.248 e. The Morgan fingerprint density at radius 3 is 1.86 bits per heavy atom. The number of hydrogen-bond donors (Lipinski definition) is 0. The molecule has 1 heterocycles. The van der Waals surface area contributed by atoms with Crippen LogP contribution in [0.25, 0.3) is 22.2 Å². The van der Waals surface area contributed by atoms with E-state index in [0.717, 1.165) is 0 Å². The SMILES string of the molecule is Fc1c(F)c(F)c(-c2ccc3ccccc3n2)c(F)c1F. The number of pyridine rings is 1. The van der Waals surface area contributed by atoms with Crippen LogP contribution in [0.4, 0.5) is 22.0 Å². The van der Waals surface area contributed by atoms with Crippen LogP contribution < -0.4 is 0 Å². The van der Waals surface area contributed by atoms with Gasteiger partial charge in [0.2, 0.25) is 5.82 Å². The Labute approximate surface area is 115 Å². The first kappa shape index (κ1) is 13.5. The fourth-order valence-electron chi connectivity index (χ4n) is 2.04. The van der Waals surface area contributed by atoms with Crippen molar-refractivity contribution in [2.24, 2.45) is 0 Å². The van der Waals surface area contributed by atoms with Gasteiger partial charge >= 0.3 is 0 Å². The predicted molar refractivity (Wildman–Crippen MR) is 67.0 cm³/mol. The van der Waals surface area contributed by atoms with Gasteiger partial charge in [-0.3, -0.25) is 0 Å². The van der Waals surface area contributed by atoms with E-state index in [1.54, 1.807) is 24.3 Å². The van der Waals surface area contributed by atoms with Crippen molar-refractivity contribution in [3.05, 3.63) is 65.5 Å². The van der Waals surface area contributed by atoms with Crippen LogP contribution in [0.3, 0.4) is 0 Å². The van der Waals surface area contributed by atoms with Crippen LogP contribution in [0.15, 0.2) is 36.4 Å². The lowest BCUT2D eigenvalue weighted by molar-refractivity contribution is 0.381. The molecule has 0 unspecified atom stereocenters. The Hall–Kier alpha value is -2.50. The Morgan fingerprint density at radius 2 is 1.19 bits per heavy atom. The van der Waals surface area contributed by atoms with Crippen LogP contribution >= 0.6 is 0 Å². The molecule has 0 aliphatic heterocycles. The normalized spacial score (nSPS) is 11.1. The van der Waals surface area contributed by atoms with Crippen molar-refractivity contribution in [1.29, 1.82) is 0 Å². The monoisotopic (exact) mass is 295 g/mol. The minimum atomic E-state index is -2.19. The first-order valence-electron chi connectivity index (χ1n) is 5.88. The maximum Gasteiger partial charge on any atom is 0.200 e. The molecule has 2 aromatic carbocycles. The average molecular weight is 295 g/mol. The van der Waals surface area contributed by atoms with E-state index in [-0.39, 0.29) is 5.69 Å². The smallest absolute Gasteiger partial charge is 0.200 e. The second kappa shape index (κ2) is 4.80. The quantitative estimate of drug-likeness (QED) is 0.363. The molecule has 0 atom stereocenters. The summed E-state index contributed by atoms with van der Waals surface area (Å²) in [6.07, 6.45) is 0. The number of nitrogens with zero attached hydrogens (tertiary/aromatic N) is 1. The highest BCUT2D eigenvalue weighted by Gasteiger charge is 2.27. The van der Waals surface area contributed by atoms with Gasteiger partial charge in [-0.15, -0.1) is 0 Å². The molecule has 1 nitrogen and oxygen atoms in total. The van der Waals surface area contributed by atoms with Gasteiger partial charge in [0.15, 0.2) is 23.3 Å². The highest BCUT2D eigenvalue weighted by atomic mass is 19.2. The van der Waals surface area contributed by atoms with Crippen molar-refractivity contribution in [2.45, 2.75) is 0 Å². The van der Waals surface area contributed by atoms with Crippen molar-refractivity contribution in [3.63, 3.8) is 0 Å². The number of benzene rings is 2. The highest BCUT2D eigenvalue weighted by Crippen LogP contribution is 2.31. The van der Waals surface area contributed by atoms with Crippen molar-refractivity contribution in [3.8, 4) is 11.3 Å². The molecule has 0 N–H and O–H groups in total. The summed E-state index contributed by atoms with van der Waals surface area (Å²) in [6.45, 7) is 0. The topological polar surface area (TPSA) is 12.9 Å². The molecule has 0 bridgehead atoms. The Bertz CT molecular complexity index is 831. The van der Waals surface area contributed by atoms with Gasteiger partial charge in [-0.05, 0) is 12.1 Å². The van der Waals surface area contributed by atoms with E-state index in [9.17, 15) is 22.0 Å². The molecule has 0 saturated carbocycles. The average Bonchev–Trinajstić information content (AvgIpc) is 2.51. The molecular formula is C15H6F5N. The fraction of sp³-hybridized carbons (Fsp3) is 0. The van der Waals surface area contributed by atoms with E-state index < -0.39 is 34.6 Å². The number of para-hydroxylation sites is 1. The van der Waals surface area contributed by atoms with Crippen LogP contribution in [-0.4, -0.2) is 4.98 Å². The van der Waals surface area contributed by atoms with E-state index in [1.807, 2.05) is 0 Å². The molecule has 3 aromatic rings. The number of aromatic nitrogens is 1. The second-order valence-corrected chi connectivity index (χ2v) is 4.33. The molecule has 106 valence electrons. The summed E-state index contributed by atoms with van der Waals surface area (Å²) in [5.41, 5.74) is -0.961. The van der Waals surface area contributed by atoms with Crippen molar-refractivity contribution >= 4 is 10.9 Å². The molecule has 0 aliphatic carbocycles. The lowest BCUT2D eigenvalue weighted by atomic mass is 10.1. The third-order valence-corrected chi connectivity index (χ3v) is 3.06. The van der Waals surface area contributed by atoms with E-state index in [0.29, 0.717) is 10.9 Å². The maximum atomic E-state index is 13.7. The summed E-state index contributed by atoms with van der Waals surface area (Å²) in [5.74, 6) is -9.95. The molecule has 0 aliphatic rings. The lowest BCUT2D eigenvalue weighted by Gasteiger charge is -2.08. The molecule has 21 heavy (non-hydrogen) atoms. The standard InChI is InChI=1S/C15H6F5N/c16-11-10(12(17)14(19)15(20)13(11)18)9-6-5-7-3-1-2-4-8(7)21-9/h1-6H. The van der Waals surface area contributed by atoms with Crippen LogP contribution in [0.2, 0.25) is 0 Å². The van der Waals surface area contributed by atoms with E-state index in [2.05, 4.69) is 4.98 Å². The van der Waals surface area contributed by atoms with Gasteiger partial charge in [0.25, 0.3) is 0 Å². The second-order valence-electron chi connectivity index (χ2n) is 4.33. The van der Waals surface area contributed by atoms with Crippen molar-refractivity contribution < 1.29 is 22.0 Å². The van der Waals surface area contributed by atoms with Gasteiger partial charge in [0, 0.05) is 5.39 Å². The van der Waals surface area contributed by atoms with Gasteiger partial charge in [0.05, 0.1) is 16.8 Å². The molecule has 3 rings (SSSR count). The third kappa shape index (κ3) is 2.03. The Morgan fingerprint density at radius 1 is 0.619 bits per heavy atom. The summed E-state index contributed by atoms with van der Waals surface area (Å²) in [5, 5.41) is 0.685. The van der Waals surface area contributed by atoms with Crippen molar-refractivity contribution in [2.75, 3.05) is 0 Å². The largest absolute Gasteiger partial charge is 0.248 e. The van der Waals surface area contributed by atoms with Crippen LogP contribution in [-0.2, 0) is 0 Å². The molecule has 6 heteroatoms. The van der Waals surface area contributed by atoms with E-state index >= 15 is 0 Å². The Kier molecular flexibility index (Phi) is 3.08. The summed E-state index contributed by atoms with van der Waals surface area (Å²) < 4.78 is 66.9. The van der Waals surface area contributed by atoms with Gasteiger partial charge in [-0.25, -0.2) is 26.9 Å². The maximum absolute atomic E-state index is 13.7. The van der Waals surface area contributed by atoms with Crippen LogP contribution in [0, 0.1) is 29.1 Å². The van der Waals surface area contributed by atoms with Crippen LogP contribution in [0.5, 0.6) is 0 Å². The molecule has 0 amide bonds. The summed E-state index contributed by atoms with van der Waals surface area (Å²) >= 11 is 0. The summed E-state index contributed by atoms with van der Waals surface area (Å²) in [4.78, 5) is 3.94. The van der Waals surface area contributed by atoms with Gasteiger partial charge in [-0.1, -0.05) is 24.3 Å². The van der Waals surface area contributed by atoms with Gasteiger partial charge in [-0.2, -0.15) is 0 Å². The lowest BCUT2D eigenvalue weighted by Crippen LogP contribution is -2.04. The van der Waals surface area contributed by atoms with Gasteiger partial charge < -0.3 is 0 Å². The molecule has 0 fully saturated rings. The highest BCUT2D eigenvalue weighted by molar-refractivity contribution is 5.81. The number of rotatable bonds is 1. The number of halogens is 5. The third-order valence-electron chi connectivity index (χ3n) is 3.06. The fourth-order valence-corrected chi connectivity index (χ4v) is 2.04. The zero-order valence-corrected chi connectivity index (χ0v) is 10.3. The van der Waals surface area contributed by atoms with Gasteiger partial charge in [0.1, 0.15) is 0 Å². The predicted octanol–water partition coefficient (Wildman–Crippen LogP) is 4.60. The molecule has 0 spiro atoms. The number of hydrogen-bond acceptors (Lipinski definition) is 1. The number of fused-ring (bicyclic) bond motifs is 1. The zero-order valence-electron chi connectivity index (χ0n) is 10.3. The van der Waals surface area contributed by atoms with Crippen LogP contribution in [0.1, 0.15) is 0 Å². The molecular weight excluding hydrogens is 289 g/mol. The summed E-state index contributed by atoms with van der Waals surface area (Å²) in [6, 6.07) is 9.38. The van der Waals surface area contributed by atoms with E-state index in [4.69, 9.17) is 0 Å². The zero-order chi connectivity index (χ0) is 15.1. The molecule has 0 saturated heterocycles. The first-order chi connectivity index (χ1) is 10.0. The molecule has 1 aromatic heterocycles. The Balaban J connectivity index is 2.32. The molecule has 0 radical (unpaired) electrons. The minimum absolute atomic E-state index is 0.318. The van der Waals surface area contributed by atoms with E-state index in [1.165, 1.54) is 12.1 Å². The van der Waals surface area contributed by atoms with Crippen molar-refractivity contribution in [1.82, 2.24) is 4.98 Å². The first-order valence-corrected chi connectivity index (χ1v) is 5.88.